The minimum absolute atomic E-state index is 0.357. The van der Waals surface area contributed by atoms with Gasteiger partial charge in [-0.1, -0.05) is 19.3 Å². The molecule has 0 aromatic heterocycles. The number of nitrogens with two attached hydrogens (primary N) is 1. The third kappa shape index (κ3) is 3.58. The molecule has 1 aliphatic rings. The second kappa shape index (κ2) is 6.36. The Kier molecular flexibility index (Phi) is 4.94. The molecule has 1 aromatic rings. The zero-order chi connectivity index (χ0) is 15.6. The number of hydrogen-bond acceptors (Lipinski definition) is 3. The van der Waals surface area contributed by atoms with Crippen LogP contribution in [0.25, 0.3) is 0 Å². The highest BCUT2D eigenvalue weighted by atomic mass is 32.2. The summed E-state index contributed by atoms with van der Waals surface area (Å²) in [6, 6.07) is 1.84. The van der Waals surface area contributed by atoms with Gasteiger partial charge in [0.2, 0.25) is 10.0 Å². The number of nitrogens with one attached hydrogen (secondary N) is 1. The molecule has 0 radical (unpaired) electrons. The first-order valence-corrected chi connectivity index (χ1v) is 9.17. The van der Waals surface area contributed by atoms with Gasteiger partial charge >= 0.3 is 0 Å². The second-order valence-corrected chi connectivity index (χ2v) is 7.92. The third-order valence-electron chi connectivity index (χ3n) is 4.63. The summed E-state index contributed by atoms with van der Waals surface area (Å²) in [6.45, 7) is 6.05. The maximum absolute atomic E-state index is 12.7. The Labute approximate surface area is 128 Å². The number of nitrogen functional groups attached to an aromatic ring is 1. The zero-order valence-corrected chi connectivity index (χ0v) is 14.0. The molecule has 2 rings (SSSR count). The predicted molar refractivity (Wildman–Crippen MR) is 86.8 cm³/mol. The first-order valence-electron chi connectivity index (χ1n) is 7.69. The number of anilines is 1. The lowest BCUT2D eigenvalue weighted by Gasteiger charge is -2.22. The van der Waals surface area contributed by atoms with Crippen molar-refractivity contribution in [3.8, 4) is 0 Å². The summed E-state index contributed by atoms with van der Waals surface area (Å²) >= 11 is 0. The highest BCUT2D eigenvalue weighted by molar-refractivity contribution is 7.89. The van der Waals surface area contributed by atoms with Crippen LogP contribution in [0.5, 0.6) is 0 Å². The maximum atomic E-state index is 12.7. The molecule has 21 heavy (non-hydrogen) atoms. The van der Waals surface area contributed by atoms with Crippen molar-refractivity contribution in [2.24, 2.45) is 5.92 Å². The van der Waals surface area contributed by atoms with E-state index in [0.717, 1.165) is 24.0 Å². The third-order valence-corrected chi connectivity index (χ3v) is 6.33. The van der Waals surface area contributed by atoms with Gasteiger partial charge in [-0.05, 0) is 62.3 Å². The van der Waals surface area contributed by atoms with Gasteiger partial charge in [-0.25, -0.2) is 13.1 Å². The van der Waals surface area contributed by atoms with Crippen LogP contribution in [0, 0.1) is 26.7 Å². The molecule has 3 N–H and O–H groups in total. The number of aryl methyl sites for hydroxylation is 1. The predicted octanol–water partition coefficient (Wildman–Crippen LogP) is 3.05. The van der Waals surface area contributed by atoms with Gasteiger partial charge in [-0.15, -0.1) is 0 Å². The highest BCUT2D eigenvalue weighted by Gasteiger charge is 2.24. The van der Waals surface area contributed by atoms with Crippen molar-refractivity contribution in [3.63, 3.8) is 0 Å². The van der Waals surface area contributed by atoms with Crippen LogP contribution in [0.2, 0.25) is 0 Å². The number of sulfonamides is 1. The van der Waals surface area contributed by atoms with E-state index in [1.165, 1.54) is 19.3 Å². The normalized spacial score (nSPS) is 17.1. The summed E-state index contributed by atoms with van der Waals surface area (Å²) in [4.78, 5) is 0.357. The molecule has 4 nitrogen and oxygen atoms in total. The molecule has 1 fully saturated rings. The van der Waals surface area contributed by atoms with Gasteiger partial charge in [0.15, 0.2) is 0 Å². The molecular weight excluding hydrogens is 284 g/mol. The van der Waals surface area contributed by atoms with Crippen LogP contribution in [0.4, 0.5) is 5.69 Å². The lowest BCUT2D eigenvalue weighted by atomic mass is 9.90. The van der Waals surface area contributed by atoms with E-state index in [9.17, 15) is 8.42 Å². The van der Waals surface area contributed by atoms with E-state index in [1.807, 2.05) is 19.9 Å². The van der Waals surface area contributed by atoms with Gasteiger partial charge in [-0.3, -0.25) is 0 Å². The Morgan fingerprint density at radius 3 is 2.38 bits per heavy atom. The quantitative estimate of drug-likeness (QED) is 0.840. The van der Waals surface area contributed by atoms with Gasteiger partial charge in [0, 0.05) is 12.2 Å². The summed E-state index contributed by atoms with van der Waals surface area (Å²) in [5.41, 5.74) is 8.82. The van der Waals surface area contributed by atoms with E-state index in [2.05, 4.69) is 4.72 Å². The lowest BCUT2D eigenvalue weighted by Crippen LogP contribution is -2.31. The molecule has 0 amide bonds. The first-order chi connectivity index (χ1) is 9.83. The lowest BCUT2D eigenvalue weighted by molar-refractivity contribution is 0.357. The molecule has 118 valence electrons. The van der Waals surface area contributed by atoms with Crippen LogP contribution in [0.15, 0.2) is 11.0 Å². The Balaban J connectivity index is 2.23. The largest absolute Gasteiger partial charge is 0.398 e. The molecule has 0 atom stereocenters. The summed E-state index contributed by atoms with van der Waals surface area (Å²) < 4.78 is 28.1. The van der Waals surface area contributed by atoms with Gasteiger partial charge in [-0.2, -0.15) is 0 Å². The SMILES string of the molecule is Cc1cc(N)c(C)c(S(=O)(=O)NCC2CCCCC2)c1C. The van der Waals surface area contributed by atoms with Crippen LogP contribution >= 0.6 is 0 Å². The smallest absolute Gasteiger partial charge is 0.241 e. The summed E-state index contributed by atoms with van der Waals surface area (Å²) in [5.74, 6) is 0.469. The van der Waals surface area contributed by atoms with E-state index in [0.29, 0.717) is 28.6 Å². The minimum atomic E-state index is -3.50. The molecule has 0 bridgehead atoms. The number of benzene rings is 1. The van der Waals surface area contributed by atoms with E-state index in [4.69, 9.17) is 5.73 Å². The van der Waals surface area contributed by atoms with Crippen molar-refractivity contribution in [2.75, 3.05) is 12.3 Å². The van der Waals surface area contributed by atoms with Crippen LogP contribution in [-0.2, 0) is 10.0 Å². The first kappa shape index (κ1) is 16.3. The van der Waals surface area contributed by atoms with Gasteiger partial charge in [0.05, 0.1) is 4.90 Å². The van der Waals surface area contributed by atoms with E-state index in [1.54, 1.807) is 6.92 Å². The fraction of sp³-hybridized carbons (Fsp3) is 0.625. The van der Waals surface area contributed by atoms with Crippen molar-refractivity contribution < 1.29 is 8.42 Å². The van der Waals surface area contributed by atoms with Crippen LogP contribution in [0.3, 0.4) is 0 Å². The zero-order valence-electron chi connectivity index (χ0n) is 13.2. The molecule has 0 spiro atoms. The van der Waals surface area contributed by atoms with E-state index < -0.39 is 10.0 Å². The van der Waals surface area contributed by atoms with Gasteiger partial charge in [0.25, 0.3) is 0 Å². The number of hydrogen-bond donors (Lipinski definition) is 2. The number of rotatable bonds is 4. The summed E-state index contributed by atoms with van der Waals surface area (Å²) in [6.07, 6.45) is 5.94. The standard InChI is InChI=1S/C16H26N2O2S/c1-11-9-15(17)13(3)16(12(11)2)21(19,20)18-10-14-7-5-4-6-8-14/h9,14,18H,4-8,10,17H2,1-3H3. The Bertz CT molecular complexity index is 591. The molecule has 0 unspecified atom stereocenters. The highest BCUT2D eigenvalue weighted by Crippen LogP contribution is 2.28. The molecule has 0 aliphatic heterocycles. The van der Waals surface area contributed by atoms with E-state index >= 15 is 0 Å². The molecule has 0 heterocycles. The maximum Gasteiger partial charge on any atom is 0.241 e. The second-order valence-electron chi connectivity index (χ2n) is 6.22. The van der Waals surface area contributed by atoms with Crippen molar-refractivity contribution in [1.82, 2.24) is 4.72 Å². The van der Waals surface area contributed by atoms with Crippen molar-refractivity contribution >= 4 is 15.7 Å². The fourth-order valence-corrected chi connectivity index (χ4v) is 4.82. The molecule has 0 saturated heterocycles. The molecule has 1 aromatic carbocycles. The fourth-order valence-electron chi connectivity index (χ4n) is 3.14. The van der Waals surface area contributed by atoms with Gasteiger partial charge < -0.3 is 5.73 Å². The van der Waals surface area contributed by atoms with Gasteiger partial charge in [0.1, 0.15) is 0 Å². The Hall–Kier alpha value is -1.07. The van der Waals surface area contributed by atoms with E-state index in [-0.39, 0.29) is 0 Å². The average molecular weight is 310 g/mol. The molecule has 1 saturated carbocycles. The van der Waals surface area contributed by atoms with Crippen LogP contribution in [-0.4, -0.2) is 15.0 Å². The Morgan fingerprint density at radius 2 is 1.76 bits per heavy atom. The monoisotopic (exact) mass is 310 g/mol. The van der Waals surface area contributed by atoms with Crippen molar-refractivity contribution in [3.05, 3.63) is 22.8 Å². The average Bonchev–Trinajstić information content (AvgIpc) is 2.44. The topological polar surface area (TPSA) is 72.2 Å². The van der Waals surface area contributed by atoms with Crippen LogP contribution in [0.1, 0.15) is 48.8 Å². The molecule has 1 aliphatic carbocycles. The molecular formula is C16H26N2O2S. The van der Waals surface area contributed by atoms with Crippen LogP contribution < -0.4 is 10.5 Å². The summed E-state index contributed by atoms with van der Waals surface area (Å²) in [5, 5.41) is 0. The van der Waals surface area contributed by atoms with Crippen molar-refractivity contribution in [1.29, 1.82) is 0 Å². The molecule has 5 heteroatoms. The minimum Gasteiger partial charge on any atom is -0.398 e. The Morgan fingerprint density at radius 1 is 1.14 bits per heavy atom. The van der Waals surface area contributed by atoms with Crippen molar-refractivity contribution in [2.45, 2.75) is 57.8 Å². The summed E-state index contributed by atoms with van der Waals surface area (Å²) in [7, 11) is -3.50.